The number of methoxy groups -OCH3 is 3. The minimum Gasteiger partial charge on any atom is -0.493 e. The van der Waals surface area contributed by atoms with Gasteiger partial charge >= 0.3 is 0 Å². The quantitative estimate of drug-likeness (QED) is 0.689. The van der Waals surface area contributed by atoms with E-state index in [2.05, 4.69) is 40.1 Å². The average Bonchev–Trinajstić information content (AvgIpc) is 2.87. The average molecular weight is 440 g/mol. The summed E-state index contributed by atoms with van der Waals surface area (Å²) in [6, 6.07) is 14.5. The first kappa shape index (κ1) is 22.3. The number of nitrogens with zero attached hydrogens (tertiary/aromatic N) is 3. The van der Waals surface area contributed by atoms with Crippen molar-refractivity contribution < 1.29 is 19.0 Å². The normalized spacial score (nSPS) is 19.5. The van der Waals surface area contributed by atoms with Crippen LogP contribution in [0.2, 0.25) is 0 Å². The van der Waals surface area contributed by atoms with Crippen molar-refractivity contribution in [3.8, 4) is 17.2 Å². The van der Waals surface area contributed by atoms with Gasteiger partial charge in [0.05, 0.1) is 26.9 Å². The van der Waals surface area contributed by atoms with Crippen molar-refractivity contribution in [2.75, 3.05) is 65.5 Å². The number of piperazine rings is 1. The van der Waals surface area contributed by atoms with Crippen LogP contribution in [0, 0.1) is 0 Å². The van der Waals surface area contributed by atoms with Crippen molar-refractivity contribution in [2.45, 2.75) is 18.9 Å². The van der Waals surface area contributed by atoms with Crippen LogP contribution in [0.4, 0.5) is 5.69 Å². The summed E-state index contributed by atoms with van der Waals surface area (Å²) < 4.78 is 16.4. The molecule has 0 aromatic heterocycles. The minimum absolute atomic E-state index is 0.0181. The van der Waals surface area contributed by atoms with Gasteiger partial charge in [0.25, 0.3) is 5.91 Å². The molecule has 0 spiro atoms. The summed E-state index contributed by atoms with van der Waals surface area (Å²) in [7, 11) is 4.69. The van der Waals surface area contributed by atoms with E-state index in [1.807, 2.05) is 4.90 Å². The predicted octanol–water partition coefficient (Wildman–Crippen LogP) is 3.14. The third-order valence-electron chi connectivity index (χ3n) is 6.57. The van der Waals surface area contributed by atoms with Crippen LogP contribution in [0.3, 0.4) is 0 Å². The summed E-state index contributed by atoms with van der Waals surface area (Å²) in [5.41, 5.74) is 1.80. The van der Waals surface area contributed by atoms with Crippen molar-refractivity contribution in [3.05, 3.63) is 48.0 Å². The molecule has 2 saturated heterocycles. The maximum atomic E-state index is 13.4. The molecular weight excluding hydrogens is 406 g/mol. The second kappa shape index (κ2) is 10.1. The molecule has 172 valence electrons. The predicted molar refractivity (Wildman–Crippen MR) is 125 cm³/mol. The number of carbonyl (C=O) groups is 1. The highest BCUT2D eigenvalue weighted by Gasteiger charge is 2.32. The Morgan fingerprint density at radius 3 is 2.22 bits per heavy atom. The third kappa shape index (κ3) is 4.48. The van der Waals surface area contributed by atoms with Gasteiger partial charge in [-0.25, -0.2) is 0 Å². The monoisotopic (exact) mass is 439 g/mol. The molecule has 0 bridgehead atoms. The van der Waals surface area contributed by atoms with Crippen molar-refractivity contribution in [2.24, 2.45) is 0 Å². The Hall–Kier alpha value is -2.93. The van der Waals surface area contributed by atoms with Gasteiger partial charge in [-0.1, -0.05) is 18.2 Å². The lowest BCUT2D eigenvalue weighted by molar-refractivity contribution is 0.0560. The Bertz CT molecular complexity index is 913. The van der Waals surface area contributed by atoms with Gasteiger partial charge in [-0.2, -0.15) is 0 Å². The summed E-state index contributed by atoms with van der Waals surface area (Å²) in [5, 5.41) is 0. The van der Waals surface area contributed by atoms with E-state index < -0.39 is 0 Å². The molecule has 0 unspecified atom stereocenters. The summed E-state index contributed by atoms with van der Waals surface area (Å²) in [6.07, 6.45) is 2.13. The number of rotatable bonds is 6. The topological polar surface area (TPSA) is 54.5 Å². The summed E-state index contributed by atoms with van der Waals surface area (Å²) in [6.45, 7) is 5.55. The molecule has 0 aliphatic carbocycles. The van der Waals surface area contributed by atoms with Crippen molar-refractivity contribution in [3.63, 3.8) is 0 Å². The van der Waals surface area contributed by atoms with E-state index in [1.165, 1.54) is 5.69 Å². The van der Waals surface area contributed by atoms with Gasteiger partial charge in [0, 0.05) is 51.0 Å². The second-order valence-electron chi connectivity index (χ2n) is 8.29. The molecule has 2 aromatic carbocycles. The van der Waals surface area contributed by atoms with Gasteiger partial charge in [-0.05, 0) is 37.1 Å². The first-order chi connectivity index (χ1) is 15.7. The van der Waals surface area contributed by atoms with Gasteiger partial charge in [0.2, 0.25) is 5.75 Å². The zero-order valence-electron chi connectivity index (χ0n) is 19.3. The lowest BCUT2D eigenvalue weighted by atomic mass is 10.0. The molecule has 1 amide bonds. The van der Waals surface area contributed by atoms with Crippen molar-refractivity contribution in [1.82, 2.24) is 9.80 Å². The molecule has 2 heterocycles. The number of ether oxygens (including phenoxy) is 3. The van der Waals surface area contributed by atoms with E-state index in [-0.39, 0.29) is 5.91 Å². The van der Waals surface area contributed by atoms with Crippen LogP contribution < -0.4 is 19.1 Å². The molecule has 2 aliphatic heterocycles. The van der Waals surface area contributed by atoms with Crippen molar-refractivity contribution >= 4 is 11.6 Å². The summed E-state index contributed by atoms with van der Waals surface area (Å²) in [5.74, 6) is 1.41. The van der Waals surface area contributed by atoms with Crippen LogP contribution in [0.25, 0.3) is 0 Å². The zero-order chi connectivity index (χ0) is 22.5. The lowest BCUT2D eigenvalue weighted by Crippen LogP contribution is -2.55. The lowest BCUT2D eigenvalue weighted by Gasteiger charge is -2.44. The number of benzene rings is 2. The van der Waals surface area contributed by atoms with Crippen molar-refractivity contribution in [1.29, 1.82) is 0 Å². The number of hydrogen-bond donors (Lipinski definition) is 0. The van der Waals surface area contributed by atoms with Crippen LogP contribution in [0.15, 0.2) is 42.5 Å². The van der Waals surface area contributed by atoms with Gasteiger partial charge in [0.1, 0.15) is 0 Å². The highest BCUT2D eigenvalue weighted by molar-refractivity contribution is 5.98. The van der Waals surface area contributed by atoms with Gasteiger partial charge < -0.3 is 24.0 Å². The molecule has 4 rings (SSSR count). The number of hydrogen-bond acceptors (Lipinski definition) is 6. The third-order valence-corrected chi connectivity index (χ3v) is 6.57. The summed E-state index contributed by atoms with van der Waals surface area (Å²) >= 11 is 0. The second-order valence-corrected chi connectivity index (χ2v) is 8.29. The number of carbonyl (C=O) groups excluding carboxylic acids is 1. The molecule has 0 saturated carbocycles. The van der Waals surface area contributed by atoms with E-state index in [1.54, 1.807) is 33.5 Å². The highest BCUT2D eigenvalue weighted by Crippen LogP contribution is 2.40. The minimum atomic E-state index is -0.0181. The van der Waals surface area contributed by atoms with E-state index in [9.17, 15) is 4.79 Å². The molecule has 7 heteroatoms. The fraction of sp³-hybridized carbons (Fsp3) is 0.480. The number of amides is 1. The molecular formula is C25H33N3O4. The fourth-order valence-corrected chi connectivity index (χ4v) is 4.86. The number of para-hydroxylation sites is 1. The molecule has 32 heavy (non-hydrogen) atoms. The Morgan fingerprint density at radius 2 is 1.56 bits per heavy atom. The molecule has 1 atom stereocenters. The van der Waals surface area contributed by atoms with Crippen LogP contribution in [0.5, 0.6) is 17.2 Å². The molecule has 2 aromatic rings. The SMILES string of the molecule is COc1ccc(C(=O)N2CCC[C@@H](N3CCN(c4ccccc4)CC3)C2)c(OC)c1OC. The maximum Gasteiger partial charge on any atom is 0.257 e. The number of piperidine rings is 1. The molecule has 2 aliphatic rings. The van der Waals surface area contributed by atoms with E-state index in [0.717, 1.165) is 52.1 Å². The summed E-state index contributed by atoms with van der Waals surface area (Å²) in [4.78, 5) is 20.4. The Kier molecular flexibility index (Phi) is 7.05. The molecule has 0 radical (unpaired) electrons. The van der Waals surface area contributed by atoms with Crippen LogP contribution >= 0.6 is 0 Å². The Labute approximate surface area is 190 Å². The zero-order valence-corrected chi connectivity index (χ0v) is 19.3. The van der Waals surface area contributed by atoms with E-state index in [4.69, 9.17) is 14.2 Å². The van der Waals surface area contributed by atoms with E-state index in [0.29, 0.717) is 28.9 Å². The maximum absolute atomic E-state index is 13.4. The Balaban J connectivity index is 1.43. The number of likely N-dealkylation sites (tertiary alicyclic amines) is 1. The molecule has 2 fully saturated rings. The smallest absolute Gasteiger partial charge is 0.257 e. The number of anilines is 1. The first-order valence-corrected chi connectivity index (χ1v) is 11.3. The largest absolute Gasteiger partial charge is 0.493 e. The van der Waals surface area contributed by atoms with Crippen LogP contribution in [0.1, 0.15) is 23.2 Å². The fourth-order valence-electron chi connectivity index (χ4n) is 4.86. The van der Waals surface area contributed by atoms with Gasteiger partial charge in [-0.15, -0.1) is 0 Å². The molecule has 0 N–H and O–H groups in total. The van der Waals surface area contributed by atoms with Crippen LogP contribution in [-0.4, -0.2) is 82.3 Å². The highest BCUT2D eigenvalue weighted by atomic mass is 16.5. The van der Waals surface area contributed by atoms with E-state index >= 15 is 0 Å². The standard InChI is InChI=1S/C25H33N3O4/c1-30-22-12-11-21(23(31-2)24(22)32-3)25(29)28-13-7-10-20(18-28)27-16-14-26(15-17-27)19-8-5-4-6-9-19/h4-6,8-9,11-12,20H,7,10,13-18H2,1-3H3/t20-/m1/s1. The van der Waals surface area contributed by atoms with Crippen LogP contribution in [-0.2, 0) is 0 Å². The van der Waals surface area contributed by atoms with Gasteiger partial charge in [0.15, 0.2) is 11.5 Å². The molecule has 7 nitrogen and oxygen atoms in total. The Morgan fingerprint density at radius 1 is 0.844 bits per heavy atom. The first-order valence-electron chi connectivity index (χ1n) is 11.3. The van der Waals surface area contributed by atoms with Gasteiger partial charge in [-0.3, -0.25) is 9.69 Å².